The lowest BCUT2D eigenvalue weighted by Gasteiger charge is -2.28. The number of hydrogen-bond donors (Lipinski definition) is 0. The fraction of sp³-hybridized carbons (Fsp3) is 0.647. The van der Waals surface area contributed by atoms with Crippen LogP contribution < -0.4 is 0 Å². The van der Waals surface area contributed by atoms with Crippen molar-refractivity contribution in [3.05, 3.63) is 35.4 Å². The van der Waals surface area contributed by atoms with E-state index >= 15 is 0 Å². The number of halogens is 2. The van der Waals surface area contributed by atoms with Gasteiger partial charge in [-0.15, -0.1) is 0 Å². The summed E-state index contributed by atoms with van der Waals surface area (Å²) in [5.41, 5.74) is 0.664. The van der Waals surface area contributed by atoms with Gasteiger partial charge in [0.05, 0.1) is 0 Å². The molecule has 1 aliphatic rings. The van der Waals surface area contributed by atoms with Crippen LogP contribution in [-0.4, -0.2) is 0 Å². The highest BCUT2D eigenvalue weighted by Crippen LogP contribution is 2.33. The fourth-order valence-corrected chi connectivity index (χ4v) is 3.30. The summed E-state index contributed by atoms with van der Waals surface area (Å²) in [7, 11) is 0. The Morgan fingerprint density at radius 2 is 1.63 bits per heavy atom. The number of aryl methyl sites for hydroxylation is 1. The second kappa shape index (κ2) is 7.02. The zero-order valence-electron chi connectivity index (χ0n) is 11.8. The molecule has 2 rings (SSSR count). The van der Waals surface area contributed by atoms with Crippen molar-refractivity contribution in [3.63, 3.8) is 0 Å². The smallest absolute Gasteiger partial charge is 0.129 e. The minimum atomic E-state index is -0.485. The first kappa shape index (κ1) is 14.5. The van der Waals surface area contributed by atoms with Gasteiger partial charge in [-0.25, -0.2) is 8.78 Å². The molecular weight excluding hydrogens is 242 g/mol. The van der Waals surface area contributed by atoms with Gasteiger partial charge in [0.25, 0.3) is 0 Å². The lowest BCUT2D eigenvalue weighted by molar-refractivity contribution is 0.252. The monoisotopic (exact) mass is 266 g/mol. The topological polar surface area (TPSA) is 0 Å². The van der Waals surface area contributed by atoms with E-state index in [1.165, 1.54) is 44.6 Å². The van der Waals surface area contributed by atoms with Gasteiger partial charge in [-0.05, 0) is 36.3 Å². The Kier molecular flexibility index (Phi) is 5.35. The lowest BCUT2D eigenvalue weighted by atomic mass is 9.78. The van der Waals surface area contributed by atoms with Gasteiger partial charge in [0.2, 0.25) is 0 Å². The molecule has 0 atom stereocenters. The van der Waals surface area contributed by atoms with Gasteiger partial charge in [-0.2, -0.15) is 0 Å². The van der Waals surface area contributed by atoms with E-state index in [0.717, 1.165) is 30.7 Å². The van der Waals surface area contributed by atoms with Crippen LogP contribution in [-0.2, 0) is 6.42 Å². The van der Waals surface area contributed by atoms with Crippen LogP contribution in [0, 0.1) is 23.5 Å². The third kappa shape index (κ3) is 4.29. The van der Waals surface area contributed by atoms with Crippen LogP contribution in [0.3, 0.4) is 0 Å². The van der Waals surface area contributed by atoms with Crippen molar-refractivity contribution in [2.75, 3.05) is 0 Å². The molecule has 19 heavy (non-hydrogen) atoms. The Labute approximate surface area is 115 Å². The highest BCUT2D eigenvalue weighted by Gasteiger charge is 2.20. The molecule has 1 saturated carbocycles. The normalized spacial score (nSPS) is 23.5. The zero-order valence-corrected chi connectivity index (χ0v) is 11.8. The van der Waals surface area contributed by atoms with Crippen molar-refractivity contribution in [2.45, 2.75) is 58.3 Å². The van der Waals surface area contributed by atoms with E-state index in [0.29, 0.717) is 5.56 Å². The molecule has 0 aromatic heterocycles. The molecule has 1 aromatic rings. The molecule has 106 valence electrons. The summed E-state index contributed by atoms with van der Waals surface area (Å²) in [6.45, 7) is 2.25. The second-order valence-electron chi connectivity index (χ2n) is 5.95. The standard InChI is InChI=1S/C17H24F2/c1-2-3-13-4-6-14(7-5-13)8-9-15-10-11-16(18)12-17(15)19/h10-14H,2-9H2,1H3. The summed E-state index contributed by atoms with van der Waals surface area (Å²) < 4.78 is 26.3. The fourth-order valence-electron chi connectivity index (χ4n) is 3.30. The number of benzene rings is 1. The summed E-state index contributed by atoms with van der Waals surface area (Å²) in [4.78, 5) is 0. The van der Waals surface area contributed by atoms with Crippen molar-refractivity contribution in [1.82, 2.24) is 0 Å². The highest BCUT2D eigenvalue weighted by molar-refractivity contribution is 5.18. The van der Waals surface area contributed by atoms with E-state index in [2.05, 4.69) is 6.92 Å². The van der Waals surface area contributed by atoms with Crippen molar-refractivity contribution in [2.24, 2.45) is 11.8 Å². The molecule has 1 fully saturated rings. The van der Waals surface area contributed by atoms with E-state index in [1.807, 2.05) is 0 Å². The maximum atomic E-state index is 13.5. The Morgan fingerprint density at radius 1 is 1.00 bits per heavy atom. The Bertz CT molecular complexity index is 392. The first-order chi connectivity index (χ1) is 9.19. The van der Waals surface area contributed by atoms with Gasteiger partial charge in [-0.1, -0.05) is 51.5 Å². The Hall–Kier alpha value is -0.920. The minimum absolute atomic E-state index is 0.389. The van der Waals surface area contributed by atoms with E-state index in [-0.39, 0.29) is 5.82 Å². The maximum absolute atomic E-state index is 13.5. The average Bonchev–Trinajstić information content (AvgIpc) is 2.40. The van der Waals surface area contributed by atoms with Gasteiger partial charge in [-0.3, -0.25) is 0 Å². The van der Waals surface area contributed by atoms with Gasteiger partial charge >= 0.3 is 0 Å². The van der Waals surface area contributed by atoms with E-state index < -0.39 is 5.82 Å². The summed E-state index contributed by atoms with van der Waals surface area (Å²) in [5, 5.41) is 0. The molecule has 1 aliphatic carbocycles. The Balaban J connectivity index is 1.77. The molecule has 1 aromatic carbocycles. The summed E-state index contributed by atoms with van der Waals surface area (Å²) in [6, 6.07) is 3.94. The van der Waals surface area contributed by atoms with E-state index in [1.54, 1.807) is 6.07 Å². The van der Waals surface area contributed by atoms with Crippen LogP contribution in [0.2, 0.25) is 0 Å². The van der Waals surface area contributed by atoms with Crippen LogP contribution in [0.15, 0.2) is 18.2 Å². The molecule has 0 N–H and O–H groups in total. The van der Waals surface area contributed by atoms with Crippen LogP contribution in [0.1, 0.15) is 57.4 Å². The zero-order chi connectivity index (χ0) is 13.7. The molecule has 0 heterocycles. The number of hydrogen-bond acceptors (Lipinski definition) is 0. The van der Waals surface area contributed by atoms with Crippen molar-refractivity contribution in [3.8, 4) is 0 Å². The van der Waals surface area contributed by atoms with Crippen molar-refractivity contribution in [1.29, 1.82) is 0 Å². The predicted octanol–water partition coefficient (Wildman–Crippen LogP) is 5.50. The van der Waals surface area contributed by atoms with Crippen LogP contribution in [0.25, 0.3) is 0 Å². The molecular formula is C17H24F2. The molecule has 0 amide bonds. The maximum Gasteiger partial charge on any atom is 0.129 e. The molecule has 0 spiro atoms. The highest BCUT2D eigenvalue weighted by atomic mass is 19.1. The van der Waals surface area contributed by atoms with E-state index in [9.17, 15) is 8.78 Å². The molecule has 0 aliphatic heterocycles. The van der Waals surface area contributed by atoms with Crippen LogP contribution in [0.4, 0.5) is 8.78 Å². The van der Waals surface area contributed by atoms with Crippen LogP contribution in [0.5, 0.6) is 0 Å². The summed E-state index contributed by atoms with van der Waals surface area (Å²) >= 11 is 0. The lowest BCUT2D eigenvalue weighted by Crippen LogP contribution is -2.15. The quantitative estimate of drug-likeness (QED) is 0.659. The second-order valence-corrected chi connectivity index (χ2v) is 5.95. The first-order valence-electron chi connectivity index (χ1n) is 7.63. The molecule has 0 nitrogen and oxygen atoms in total. The first-order valence-corrected chi connectivity index (χ1v) is 7.63. The molecule has 0 saturated heterocycles. The summed E-state index contributed by atoms with van der Waals surface area (Å²) in [5.74, 6) is 0.780. The Morgan fingerprint density at radius 3 is 2.21 bits per heavy atom. The molecule has 2 heteroatoms. The number of rotatable bonds is 5. The van der Waals surface area contributed by atoms with Crippen molar-refractivity contribution < 1.29 is 8.78 Å². The van der Waals surface area contributed by atoms with Crippen LogP contribution >= 0.6 is 0 Å². The minimum Gasteiger partial charge on any atom is -0.207 e. The van der Waals surface area contributed by atoms with Gasteiger partial charge in [0.15, 0.2) is 0 Å². The SMILES string of the molecule is CCCC1CCC(CCc2ccc(F)cc2F)CC1. The van der Waals surface area contributed by atoms with Crippen molar-refractivity contribution >= 4 is 0 Å². The van der Waals surface area contributed by atoms with E-state index in [4.69, 9.17) is 0 Å². The third-order valence-electron chi connectivity index (χ3n) is 4.50. The molecule has 0 unspecified atom stereocenters. The van der Waals surface area contributed by atoms with Gasteiger partial charge in [0.1, 0.15) is 11.6 Å². The third-order valence-corrected chi connectivity index (χ3v) is 4.50. The average molecular weight is 266 g/mol. The molecule has 0 bridgehead atoms. The summed E-state index contributed by atoms with van der Waals surface area (Å²) in [6.07, 6.45) is 9.68. The molecule has 0 radical (unpaired) electrons. The van der Waals surface area contributed by atoms with Gasteiger partial charge < -0.3 is 0 Å². The van der Waals surface area contributed by atoms with Gasteiger partial charge in [0, 0.05) is 6.07 Å². The predicted molar refractivity (Wildman–Crippen MR) is 75.0 cm³/mol. The largest absolute Gasteiger partial charge is 0.207 e.